The van der Waals surface area contributed by atoms with Crippen molar-refractivity contribution in [2.24, 2.45) is 0 Å². The van der Waals surface area contributed by atoms with Gasteiger partial charge in [-0.2, -0.15) is 0 Å². The zero-order valence-electron chi connectivity index (χ0n) is 15.1. The molecule has 0 spiro atoms. The molecule has 0 amide bonds. The minimum absolute atomic E-state index is 0.160. The predicted octanol–water partition coefficient (Wildman–Crippen LogP) is 1.92. The van der Waals surface area contributed by atoms with E-state index >= 15 is 0 Å². The Bertz CT molecular complexity index is 1180. The summed E-state index contributed by atoms with van der Waals surface area (Å²) in [6, 6.07) is 3.95. The summed E-state index contributed by atoms with van der Waals surface area (Å²) in [5, 5.41) is 15.8. The number of sulfonamides is 1. The number of Topliss-reactive ketones (excluding diaryl/α,β-unsaturated/α-hetero) is 1. The van der Waals surface area contributed by atoms with Crippen molar-refractivity contribution in [2.45, 2.75) is 6.42 Å². The van der Waals surface area contributed by atoms with Crippen LogP contribution in [0.3, 0.4) is 0 Å². The van der Waals surface area contributed by atoms with Gasteiger partial charge in [0.25, 0.3) is 0 Å². The van der Waals surface area contributed by atoms with Gasteiger partial charge in [0.15, 0.2) is 17.2 Å². The molecule has 0 fully saturated rings. The Hall–Kier alpha value is -2.76. The lowest BCUT2D eigenvalue weighted by Gasteiger charge is -2.12. The minimum atomic E-state index is -3.98. The predicted molar refractivity (Wildman–Crippen MR) is 104 cm³/mol. The van der Waals surface area contributed by atoms with Crippen LogP contribution >= 0.6 is 11.6 Å². The van der Waals surface area contributed by atoms with E-state index in [2.05, 4.69) is 15.2 Å². The number of aromatic nitrogens is 3. The first-order valence-electron chi connectivity index (χ1n) is 8.25. The third-order valence-corrected chi connectivity index (χ3v) is 5.56. The molecule has 12 heteroatoms. The number of halogens is 2. The Morgan fingerprint density at radius 1 is 1.41 bits per heavy atom. The second-order valence-electron chi connectivity index (χ2n) is 6.00. The summed E-state index contributed by atoms with van der Waals surface area (Å²) in [7, 11) is -2.54. The smallest absolute Gasteiger partial charge is 0.241 e. The van der Waals surface area contributed by atoms with Crippen LogP contribution in [-0.4, -0.2) is 54.0 Å². The van der Waals surface area contributed by atoms with E-state index in [-0.39, 0.29) is 11.4 Å². The number of ketones is 1. The number of carbonyl (C=O) groups is 1. The Morgan fingerprint density at radius 3 is 2.86 bits per heavy atom. The number of H-pyrrole nitrogens is 1. The number of carbonyl (C=O) groups excluding carboxylic acids is 1. The molecule has 0 unspecified atom stereocenters. The van der Waals surface area contributed by atoms with E-state index in [1.54, 1.807) is 6.07 Å². The molecule has 0 aliphatic rings. The van der Waals surface area contributed by atoms with Crippen LogP contribution in [0.2, 0.25) is 5.02 Å². The molecular weight excluding hydrogens is 427 g/mol. The van der Waals surface area contributed by atoms with Crippen molar-refractivity contribution in [1.29, 1.82) is 0 Å². The number of pyridine rings is 1. The zero-order valence-corrected chi connectivity index (χ0v) is 16.6. The Kier molecular flexibility index (Phi) is 6.01. The van der Waals surface area contributed by atoms with Gasteiger partial charge in [-0.25, -0.2) is 17.8 Å². The lowest BCUT2D eigenvalue weighted by molar-refractivity contribution is 0.0989. The molecular formula is C17H16ClFN4O5S. The first-order valence-corrected chi connectivity index (χ1v) is 10.3. The number of fused-ring (bicyclic) bond motifs is 1. The molecule has 29 heavy (non-hydrogen) atoms. The molecule has 0 bridgehead atoms. The van der Waals surface area contributed by atoms with Crippen LogP contribution in [0.15, 0.2) is 24.4 Å². The first kappa shape index (κ1) is 21.0. The molecule has 0 radical (unpaired) electrons. The third-order valence-electron chi connectivity index (χ3n) is 3.99. The van der Waals surface area contributed by atoms with Gasteiger partial charge in [0.05, 0.1) is 41.1 Å². The van der Waals surface area contributed by atoms with Gasteiger partial charge in [-0.05, 0) is 23.8 Å². The van der Waals surface area contributed by atoms with Crippen molar-refractivity contribution in [3.8, 4) is 5.88 Å². The third kappa shape index (κ3) is 4.47. The van der Waals surface area contributed by atoms with Crippen LogP contribution in [0, 0.1) is 5.82 Å². The summed E-state index contributed by atoms with van der Waals surface area (Å²) >= 11 is 5.99. The van der Waals surface area contributed by atoms with Crippen LogP contribution in [-0.2, 0) is 16.4 Å². The molecule has 9 nitrogen and oxygen atoms in total. The maximum absolute atomic E-state index is 14.8. The summed E-state index contributed by atoms with van der Waals surface area (Å²) in [5.41, 5.74) is 0.0397. The van der Waals surface area contributed by atoms with Crippen molar-refractivity contribution in [3.63, 3.8) is 0 Å². The number of nitrogens with zero attached hydrogens (tertiary/aromatic N) is 2. The summed E-state index contributed by atoms with van der Waals surface area (Å²) < 4.78 is 45.5. The molecule has 0 aliphatic carbocycles. The number of benzene rings is 1. The number of hydrogen-bond acceptors (Lipinski definition) is 7. The van der Waals surface area contributed by atoms with Gasteiger partial charge in [-0.3, -0.25) is 14.6 Å². The fourth-order valence-corrected chi connectivity index (χ4v) is 3.76. The van der Waals surface area contributed by atoms with E-state index in [1.165, 1.54) is 19.4 Å². The number of methoxy groups -OCH3 is 1. The van der Waals surface area contributed by atoms with Crippen molar-refractivity contribution >= 4 is 44.1 Å². The molecule has 0 aliphatic heterocycles. The molecule has 0 saturated carbocycles. The molecule has 2 aromatic heterocycles. The lowest BCUT2D eigenvalue weighted by atomic mass is 10.0. The van der Waals surface area contributed by atoms with E-state index < -0.39 is 45.2 Å². The van der Waals surface area contributed by atoms with E-state index in [0.29, 0.717) is 22.5 Å². The zero-order chi connectivity index (χ0) is 21.2. The molecule has 2 heterocycles. The van der Waals surface area contributed by atoms with Crippen LogP contribution < -0.4 is 9.46 Å². The fraction of sp³-hybridized carbons (Fsp3) is 0.235. The molecule has 154 valence electrons. The average molecular weight is 443 g/mol. The van der Waals surface area contributed by atoms with Crippen molar-refractivity contribution in [3.05, 3.63) is 46.4 Å². The van der Waals surface area contributed by atoms with Crippen molar-refractivity contribution < 1.29 is 27.4 Å². The monoisotopic (exact) mass is 442 g/mol. The van der Waals surface area contributed by atoms with Gasteiger partial charge in [0.1, 0.15) is 0 Å². The fourth-order valence-electron chi connectivity index (χ4n) is 2.68. The quantitative estimate of drug-likeness (QED) is 0.453. The van der Waals surface area contributed by atoms with E-state index in [1.807, 2.05) is 4.72 Å². The normalized spacial score (nSPS) is 11.6. The van der Waals surface area contributed by atoms with Crippen LogP contribution in [0.5, 0.6) is 5.88 Å². The highest BCUT2D eigenvalue weighted by atomic mass is 35.5. The maximum atomic E-state index is 14.8. The Labute approximate surface area is 169 Å². The largest absolute Gasteiger partial charge is 0.479 e. The Morgan fingerprint density at radius 2 is 2.17 bits per heavy atom. The Balaban J connectivity index is 1.92. The number of nitrogens with one attached hydrogen (secondary N) is 2. The second-order valence-corrected chi connectivity index (χ2v) is 8.25. The summed E-state index contributed by atoms with van der Waals surface area (Å²) in [5.74, 6) is -2.08. The number of aliphatic hydroxyl groups excluding tert-OH is 1. The van der Waals surface area contributed by atoms with Crippen molar-refractivity contribution in [2.75, 3.05) is 24.2 Å². The van der Waals surface area contributed by atoms with Gasteiger partial charge in [-0.1, -0.05) is 11.6 Å². The number of rotatable bonds is 8. The minimum Gasteiger partial charge on any atom is -0.479 e. The van der Waals surface area contributed by atoms with Gasteiger partial charge >= 0.3 is 0 Å². The number of anilines is 1. The highest BCUT2D eigenvalue weighted by molar-refractivity contribution is 7.92. The second kappa shape index (κ2) is 8.31. The van der Waals surface area contributed by atoms with Crippen LogP contribution in [0.4, 0.5) is 10.1 Å². The highest BCUT2D eigenvalue weighted by Gasteiger charge is 2.22. The van der Waals surface area contributed by atoms with Crippen LogP contribution in [0.25, 0.3) is 11.0 Å². The van der Waals surface area contributed by atoms with Crippen LogP contribution in [0.1, 0.15) is 15.9 Å². The lowest BCUT2D eigenvalue weighted by Crippen LogP contribution is -2.20. The molecule has 1 aromatic carbocycles. The maximum Gasteiger partial charge on any atom is 0.241 e. The van der Waals surface area contributed by atoms with E-state index in [9.17, 15) is 17.6 Å². The standard InChI is InChI=1S/C17H16ClFN4O5S/c1-28-17-10-6-9(8-20-16(10)21-22-17)7-13(25)14-11(18)2-3-12(15(14)19)23-29(26,27)5-4-24/h2-3,6,8,23-24H,4-5,7H2,1H3,(H,20,21,22). The SMILES string of the molecule is COc1n[nH]c2ncc(CC(=O)c3c(Cl)ccc(NS(=O)(=O)CCO)c3F)cc12. The van der Waals surface area contributed by atoms with Gasteiger partial charge in [0, 0.05) is 12.6 Å². The number of hydrogen-bond donors (Lipinski definition) is 3. The van der Waals surface area contributed by atoms with E-state index in [4.69, 9.17) is 21.4 Å². The van der Waals surface area contributed by atoms with Gasteiger partial charge in [-0.15, -0.1) is 5.10 Å². The molecule has 0 atom stereocenters. The molecule has 3 aromatic rings. The summed E-state index contributed by atoms with van der Waals surface area (Å²) in [6.07, 6.45) is 1.19. The molecule has 3 rings (SSSR count). The molecule has 0 saturated heterocycles. The topological polar surface area (TPSA) is 134 Å². The molecule has 3 N–H and O–H groups in total. The number of aromatic amines is 1. The highest BCUT2D eigenvalue weighted by Crippen LogP contribution is 2.28. The summed E-state index contributed by atoms with van der Waals surface area (Å²) in [4.78, 5) is 16.8. The van der Waals surface area contributed by atoms with Gasteiger partial charge < -0.3 is 9.84 Å². The number of aliphatic hydroxyl groups is 1. The average Bonchev–Trinajstić information content (AvgIpc) is 3.06. The number of ether oxygens (including phenoxy) is 1. The van der Waals surface area contributed by atoms with Crippen molar-refractivity contribution in [1.82, 2.24) is 15.2 Å². The van der Waals surface area contributed by atoms with E-state index in [0.717, 1.165) is 6.07 Å². The van der Waals surface area contributed by atoms with Gasteiger partial charge in [0.2, 0.25) is 15.9 Å². The first-order chi connectivity index (χ1) is 13.8. The summed E-state index contributed by atoms with van der Waals surface area (Å²) in [6.45, 7) is -0.636.